The molecule has 0 fully saturated rings. The summed E-state index contributed by atoms with van der Waals surface area (Å²) >= 11 is 0. The molecule has 0 aromatic heterocycles. The average Bonchev–Trinajstić information content (AvgIpc) is 2.37. The van der Waals surface area contributed by atoms with Crippen molar-refractivity contribution in [1.82, 2.24) is 9.62 Å². The van der Waals surface area contributed by atoms with E-state index in [9.17, 15) is 13.2 Å². The molecule has 0 saturated heterocycles. The molecule has 1 aromatic rings. The maximum atomic E-state index is 12.2. The Morgan fingerprint density at radius 1 is 1.43 bits per heavy atom. The smallest absolute Gasteiger partial charge is 0.337 e. The molecule has 118 valence electrons. The monoisotopic (exact) mass is 315 g/mol. The van der Waals surface area contributed by atoms with E-state index < -0.39 is 16.0 Å². The minimum Gasteiger partial charge on any atom is -0.478 e. The third kappa shape index (κ3) is 4.69. The third-order valence-corrected chi connectivity index (χ3v) is 4.68. The molecule has 8 heteroatoms. The van der Waals surface area contributed by atoms with Gasteiger partial charge < -0.3 is 15.7 Å². The summed E-state index contributed by atoms with van der Waals surface area (Å²) < 4.78 is 26.8. The molecular weight excluding hydrogens is 294 g/mol. The molecule has 0 bridgehead atoms. The first-order valence-electron chi connectivity index (χ1n) is 6.48. The van der Waals surface area contributed by atoms with Crippen LogP contribution in [-0.4, -0.2) is 50.6 Å². The molecule has 0 heterocycles. The Morgan fingerprint density at radius 2 is 2.05 bits per heavy atom. The molecule has 1 rings (SSSR count). The minimum absolute atomic E-state index is 0.195. The van der Waals surface area contributed by atoms with Crippen LogP contribution in [0.4, 0.5) is 5.69 Å². The first-order chi connectivity index (χ1) is 9.65. The Labute approximate surface area is 124 Å². The van der Waals surface area contributed by atoms with Gasteiger partial charge in [0.05, 0.1) is 10.5 Å². The lowest BCUT2D eigenvalue weighted by Gasteiger charge is -2.21. The van der Waals surface area contributed by atoms with Gasteiger partial charge in [0.2, 0.25) is 10.0 Å². The molecule has 0 unspecified atom stereocenters. The quantitative estimate of drug-likeness (QED) is 0.635. The number of likely N-dealkylation sites (N-methyl/N-ethyl adjacent to an activating group) is 1. The normalized spacial score (nSPS) is 12.0. The van der Waals surface area contributed by atoms with Crippen molar-refractivity contribution in [2.24, 2.45) is 0 Å². The molecule has 0 amide bonds. The summed E-state index contributed by atoms with van der Waals surface area (Å²) in [5, 5.41) is 9.08. The van der Waals surface area contributed by atoms with Crippen molar-refractivity contribution in [3.8, 4) is 0 Å². The van der Waals surface area contributed by atoms with Crippen LogP contribution >= 0.6 is 0 Å². The lowest BCUT2D eigenvalue weighted by Crippen LogP contribution is -2.36. The van der Waals surface area contributed by atoms with Gasteiger partial charge in [0.25, 0.3) is 0 Å². The number of carboxylic acid groups (broad SMARTS) is 1. The number of nitrogen functional groups attached to an aromatic ring is 1. The highest BCUT2D eigenvalue weighted by molar-refractivity contribution is 7.89. The highest BCUT2D eigenvalue weighted by atomic mass is 32.2. The van der Waals surface area contributed by atoms with Gasteiger partial charge in [0, 0.05) is 24.8 Å². The van der Waals surface area contributed by atoms with Gasteiger partial charge in [-0.15, -0.1) is 0 Å². The van der Waals surface area contributed by atoms with Crippen LogP contribution in [-0.2, 0) is 10.0 Å². The molecule has 21 heavy (non-hydrogen) atoms. The zero-order valence-corrected chi connectivity index (χ0v) is 13.1. The molecule has 0 spiro atoms. The van der Waals surface area contributed by atoms with Crippen LogP contribution in [0.1, 0.15) is 24.2 Å². The topological polar surface area (TPSA) is 113 Å². The minimum atomic E-state index is -3.89. The zero-order valence-electron chi connectivity index (χ0n) is 12.3. The van der Waals surface area contributed by atoms with Crippen molar-refractivity contribution >= 4 is 21.7 Å². The molecule has 0 atom stereocenters. The molecule has 0 saturated carbocycles. The van der Waals surface area contributed by atoms with Crippen LogP contribution in [0.2, 0.25) is 0 Å². The Morgan fingerprint density at radius 3 is 2.57 bits per heavy atom. The van der Waals surface area contributed by atoms with E-state index in [1.165, 1.54) is 12.1 Å². The second kappa shape index (κ2) is 6.88. The molecule has 0 aliphatic carbocycles. The standard InChI is InChI=1S/C13H21N3O4S/c1-9(2)16(3)7-6-15-21(19,20)12-5-4-10(14)8-11(12)13(17)18/h4-5,8-9,15H,6-7,14H2,1-3H3,(H,17,18). The van der Waals surface area contributed by atoms with Gasteiger partial charge in [-0.05, 0) is 39.1 Å². The van der Waals surface area contributed by atoms with Crippen LogP contribution < -0.4 is 10.5 Å². The van der Waals surface area contributed by atoms with E-state index in [4.69, 9.17) is 10.8 Å². The first-order valence-corrected chi connectivity index (χ1v) is 7.96. The van der Waals surface area contributed by atoms with Gasteiger partial charge in [0.15, 0.2) is 0 Å². The Balaban J connectivity index is 2.91. The van der Waals surface area contributed by atoms with Crippen LogP contribution in [0.15, 0.2) is 23.1 Å². The number of hydrogen-bond donors (Lipinski definition) is 3. The lowest BCUT2D eigenvalue weighted by molar-refractivity contribution is 0.0692. The number of sulfonamides is 1. The van der Waals surface area contributed by atoms with Crippen molar-refractivity contribution in [3.05, 3.63) is 23.8 Å². The van der Waals surface area contributed by atoms with Crippen molar-refractivity contribution in [2.45, 2.75) is 24.8 Å². The Bertz CT molecular complexity index is 614. The zero-order chi connectivity index (χ0) is 16.2. The summed E-state index contributed by atoms with van der Waals surface area (Å²) in [5.74, 6) is -1.33. The van der Waals surface area contributed by atoms with E-state index in [1.807, 2.05) is 25.8 Å². The molecule has 7 nitrogen and oxygen atoms in total. The van der Waals surface area contributed by atoms with E-state index in [2.05, 4.69) is 4.72 Å². The lowest BCUT2D eigenvalue weighted by atomic mass is 10.2. The molecule has 4 N–H and O–H groups in total. The largest absolute Gasteiger partial charge is 0.478 e. The summed E-state index contributed by atoms with van der Waals surface area (Å²) in [5.41, 5.74) is 5.36. The highest BCUT2D eigenvalue weighted by Crippen LogP contribution is 2.18. The van der Waals surface area contributed by atoms with Crippen LogP contribution in [0.25, 0.3) is 0 Å². The number of nitrogens with one attached hydrogen (secondary N) is 1. The summed E-state index contributed by atoms with van der Waals surface area (Å²) in [6.45, 7) is 4.71. The highest BCUT2D eigenvalue weighted by Gasteiger charge is 2.22. The number of rotatable bonds is 7. The predicted octanol–water partition coefficient (Wildman–Crippen LogP) is 0.586. The Kier molecular flexibility index (Phi) is 5.70. The van der Waals surface area contributed by atoms with E-state index >= 15 is 0 Å². The van der Waals surface area contributed by atoms with Gasteiger partial charge >= 0.3 is 5.97 Å². The maximum absolute atomic E-state index is 12.2. The van der Waals surface area contributed by atoms with Crippen LogP contribution in [0, 0.1) is 0 Å². The van der Waals surface area contributed by atoms with Gasteiger partial charge in [0.1, 0.15) is 0 Å². The molecule has 0 aliphatic rings. The number of carboxylic acids is 1. The van der Waals surface area contributed by atoms with E-state index in [-0.39, 0.29) is 22.7 Å². The fourth-order valence-corrected chi connectivity index (χ4v) is 2.84. The summed E-state index contributed by atoms with van der Waals surface area (Å²) in [6, 6.07) is 3.99. The average molecular weight is 315 g/mol. The van der Waals surface area contributed by atoms with Crippen molar-refractivity contribution in [1.29, 1.82) is 0 Å². The van der Waals surface area contributed by atoms with Crippen molar-refractivity contribution < 1.29 is 18.3 Å². The van der Waals surface area contributed by atoms with E-state index in [0.717, 1.165) is 6.07 Å². The third-order valence-electron chi connectivity index (χ3n) is 3.16. The predicted molar refractivity (Wildman–Crippen MR) is 80.8 cm³/mol. The number of aromatic carboxylic acids is 1. The van der Waals surface area contributed by atoms with E-state index in [0.29, 0.717) is 12.6 Å². The maximum Gasteiger partial charge on any atom is 0.337 e. The second-order valence-electron chi connectivity index (χ2n) is 5.03. The molecule has 1 aromatic carbocycles. The van der Waals surface area contributed by atoms with Gasteiger partial charge in [-0.2, -0.15) is 0 Å². The van der Waals surface area contributed by atoms with Crippen LogP contribution in [0.3, 0.4) is 0 Å². The summed E-state index contributed by atoms with van der Waals surface area (Å²) in [7, 11) is -2.01. The SMILES string of the molecule is CC(C)N(C)CCNS(=O)(=O)c1ccc(N)cc1C(=O)O. The van der Waals surface area contributed by atoms with Crippen LogP contribution in [0.5, 0.6) is 0 Å². The summed E-state index contributed by atoms with van der Waals surface area (Å²) in [6.07, 6.45) is 0. The van der Waals surface area contributed by atoms with Crippen molar-refractivity contribution in [3.63, 3.8) is 0 Å². The molecule has 0 aliphatic heterocycles. The number of benzene rings is 1. The fourth-order valence-electron chi connectivity index (χ4n) is 1.64. The van der Waals surface area contributed by atoms with Gasteiger partial charge in [-0.1, -0.05) is 0 Å². The number of anilines is 1. The number of carbonyl (C=O) groups is 1. The number of hydrogen-bond acceptors (Lipinski definition) is 5. The second-order valence-corrected chi connectivity index (χ2v) is 6.77. The molecule has 0 radical (unpaired) electrons. The Hall–Kier alpha value is -1.64. The fraction of sp³-hybridized carbons (Fsp3) is 0.462. The summed E-state index contributed by atoms with van der Waals surface area (Å²) in [4.78, 5) is 12.8. The first kappa shape index (κ1) is 17.4. The van der Waals surface area contributed by atoms with Crippen molar-refractivity contribution in [2.75, 3.05) is 25.9 Å². The van der Waals surface area contributed by atoms with Gasteiger partial charge in [-0.25, -0.2) is 17.9 Å². The van der Waals surface area contributed by atoms with Gasteiger partial charge in [-0.3, -0.25) is 0 Å². The van der Waals surface area contributed by atoms with E-state index in [1.54, 1.807) is 0 Å². The molecular formula is C13H21N3O4S. The number of nitrogens with two attached hydrogens (primary N) is 1. The number of nitrogens with zero attached hydrogens (tertiary/aromatic N) is 1.